The molecule has 0 radical (unpaired) electrons. The third-order valence-corrected chi connectivity index (χ3v) is 3.98. The lowest BCUT2D eigenvalue weighted by atomic mass is 10.3. The molecule has 1 aromatic heterocycles. The van der Waals surface area contributed by atoms with E-state index in [1.165, 1.54) is 5.69 Å². The molecular formula is C17H30N6O. The number of aryl methyl sites for hydroxylation is 3. The topological polar surface area (TPSA) is 83.3 Å². The van der Waals surface area contributed by atoms with Gasteiger partial charge in [-0.2, -0.15) is 5.10 Å². The smallest absolute Gasteiger partial charge is 0.220 e. The van der Waals surface area contributed by atoms with E-state index in [1.54, 1.807) is 7.05 Å². The van der Waals surface area contributed by atoms with Crippen LogP contribution >= 0.6 is 0 Å². The zero-order chi connectivity index (χ0) is 17.4. The number of aromatic nitrogens is 2. The minimum absolute atomic E-state index is 0.159. The van der Waals surface area contributed by atoms with Crippen molar-refractivity contribution in [3.05, 3.63) is 17.5 Å². The summed E-state index contributed by atoms with van der Waals surface area (Å²) in [5.74, 6) is 0.943. The fourth-order valence-electron chi connectivity index (χ4n) is 2.54. The summed E-state index contributed by atoms with van der Waals surface area (Å²) in [5.41, 5.74) is 2.25. The molecule has 0 atom stereocenters. The molecule has 0 aliphatic heterocycles. The molecule has 1 heterocycles. The Hall–Kier alpha value is -2.05. The number of amides is 1. The summed E-state index contributed by atoms with van der Waals surface area (Å²) in [6.45, 7) is 6.56. The molecule has 1 aliphatic rings. The van der Waals surface area contributed by atoms with Crippen LogP contribution in [0, 0.1) is 13.8 Å². The first kappa shape index (κ1) is 18.3. The SMILES string of the molecule is CN=C(NCCCC(=O)NC1CC1)NCCCn1nc(C)cc1C. The van der Waals surface area contributed by atoms with E-state index in [0.29, 0.717) is 12.5 Å². The van der Waals surface area contributed by atoms with E-state index in [4.69, 9.17) is 0 Å². The molecule has 2 rings (SSSR count). The molecule has 1 aromatic rings. The summed E-state index contributed by atoms with van der Waals surface area (Å²) < 4.78 is 2.03. The Labute approximate surface area is 144 Å². The van der Waals surface area contributed by atoms with Crippen LogP contribution in [0.4, 0.5) is 0 Å². The molecule has 3 N–H and O–H groups in total. The van der Waals surface area contributed by atoms with Crippen LogP contribution in [0.3, 0.4) is 0 Å². The largest absolute Gasteiger partial charge is 0.356 e. The highest BCUT2D eigenvalue weighted by atomic mass is 16.1. The maximum Gasteiger partial charge on any atom is 0.220 e. The van der Waals surface area contributed by atoms with Gasteiger partial charge in [0.2, 0.25) is 5.91 Å². The highest BCUT2D eigenvalue weighted by molar-refractivity contribution is 5.79. The van der Waals surface area contributed by atoms with Crippen LogP contribution in [0.15, 0.2) is 11.1 Å². The van der Waals surface area contributed by atoms with Gasteiger partial charge in [0.1, 0.15) is 0 Å². The van der Waals surface area contributed by atoms with E-state index >= 15 is 0 Å². The van der Waals surface area contributed by atoms with Crippen LogP contribution in [0.2, 0.25) is 0 Å². The second-order valence-electron chi connectivity index (χ2n) is 6.37. The molecule has 0 aromatic carbocycles. The van der Waals surface area contributed by atoms with Gasteiger partial charge in [0.25, 0.3) is 0 Å². The number of carbonyl (C=O) groups is 1. The summed E-state index contributed by atoms with van der Waals surface area (Å²) in [5, 5.41) is 14.0. The summed E-state index contributed by atoms with van der Waals surface area (Å²) in [6.07, 6.45) is 4.63. The first-order valence-electron chi connectivity index (χ1n) is 8.83. The summed E-state index contributed by atoms with van der Waals surface area (Å²) in [7, 11) is 1.76. The summed E-state index contributed by atoms with van der Waals surface area (Å²) in [6, 6.07) is 2.54. The van der Waals surface area contributed by atoms with Gasteiger partial charge in [-0.15, -0.1) is 0 Å². The molecule has 7 nitrogen and oxygen atoms in total. The molecule has 0 bridgehead atoms. The van der Waals surface area contributed by atoms with Crippen LogP contribution in [-0.4, -0.2) is 47.8 Å². The van der Waals surface area contributed by atoms with Crippen LogP contribution in [0.1, 0.15) is 43.5 Å². The molecule has 1 saturated carbocycles. The maximum atomic E-state index is 11.6. The van der Waals surface area contributed by atoms with Gasteiger partial charge in [-0.1, -0.05) is 0 Å². The quantitative estimate of drug-likeness (QED) is 0.359. The highest BCUT2D eigenvalue weighted by Crippen LogP contribution is 2.18. The zero-order valence-corrected chi connectivity index (χ0v) is 15.1. The molecule has 134 valence electrons. The first-order valence-corrected chi connectivity index (χ1v) is 8.83. The minimum Gasteiger partial charge on any atom is -0.356 e. The van der Waals surface area contributed by atoms with E-state index in [-0.39, 0.29) is 5.91 Å². The maximum absolute atomic E-state index is 11.6. The molecule has 1 amide bonds. The monoisotopic (exact) mass is 334 g/mol. The van der Waals surface area contributed by atoms with Crippen molar-refractivity contribution < 1.29 is 4.79 Å². The fourth-order valence-corrected chi connectivity index (χ4v) is 2.54. The van der Waals surface area contributed by atoms with Crippen molar-refractivity contribution in [3.8, 4) is 0 Å². The number of hydrogen-bond donors (Lipinski definition) is 3. The number of rotatable bonds is 9. The van der Waals surface area contributed by atoms with Crippen molar-refractivity contribution >= 4 is 11.9 Å². The Kier molecular flexibility index (Phi) is 7.08. The number of nitrogens with zero attached hydrogens (tertiary/aromatic N) is 3. The van der Waals surface area contributed by atoms with Crippen LogP contribution in [0.25, 0.3) is 0 Å². The Morgan fingerprint density at radius 2 is 2.00 bits per heavy atom. The van der Waals surface area contributed by atoms with Gasteiger partial charge in [0, 0.05) is 44.8 Å². The lowest BCUT2D eigenvalue weighted by Gasteiger charge is -2.12. The van der Waals surface area contributed by atoms with E-state index in [9.17, 15) is 4.79 Å². The number of aliphatic imine (C=N–C) groups is 1. The van der Waals surface area contributed by atoms with Gasteiger partial charge >= 0.3 is 0 Å². The van der Waals surface area contributed by atoms with Gasteiger partial charge in [-0.3, -0.25) is 14.5 Å². The number of hydrogen-bond acceptors (Lipinski definition) is 3. The molecule has 7 heteroatoms. The van der Waals surface area contributed by atoms with E-state index < -0.39 is 0 Å². The van der Waals surface area contributed by atoms with Crippen LogP contribution in [-0.2, 0) is 11.3 Å². The molecule has 1 fully saturated rings. The molecule has 1 aliphatic carbocycles. The molecule has 0 unspecified atom stereocenters. The van der Waals surface area contributed by atoms with E-state index in [0.717, 1.165) is 57.0 Å². The lowest BCUT2D eigenvalue weighted by molar-refractivity contribution is -0.121. The summed E-state index contributed by atoms with van der Waals surface area (Å²) in [4.78, 5) is 15.8. The molecule has 0 spiro atoms. The predicted molar refractivity (Wildman–Crippen MR) is 96.1 cm³/mol. The van der Waals surface area contributed by atoms with Crippen molar-refractivity contribution in [1.29, 1.82) is 0 Å². The van der Waals surface area contributed by atoms with E-state index in [1.807, 2.05) is 11.6 Å². The fraction of sp³-hybridized carbons (Fsp3) is 0.706. The van der Waals surface area contributed by atoms with Crippen LogP contribution in [0.5, 0.6) is 0 Å². The number of nitrogens with one attached hydrogen (secondary N) is 3. The van der Waals surface area contributed by atoms with Crippen molar-refractivity contribution in [3.63, 3.8) is 0 Å². The molecule has 0 saturated heterocycles. The Bertz CT molecular complexity index is 561. The third kappa shape index (κ3) is 6.60. The molecular weight excluding hydrogens is 304 g/mol. The number of guanidine groups is 1. The Morgan fingerprint density at radius 1 is 1.29 bits per heavy atom. The first-order chi connectivity index (χ1) is 11.6. The predicted octanol–water partition coefficient (Wildman–Crippen LogP) is 1.11. The Morgan fingerprint density at radius 3 is 2.58 bits per heavy atom. The van der Waals surface area contributed by atoms with Crippen molar-refractivity contribution in [1.82, 2.24) is 25.7 Å². The van der Waals surface area contributed by atoms with E-state index in [2.05, 4.69) is 39.0 Å². The second-order valence-corrected chi connectivity index (χ2v) is 6.37. The third-order valence-electron chi connectivity index (χ3n) is 3.98. The molecule has 24 heavy (non-hydrogen) atoms. The number of carbonyl (C=O) groups excluding carboxylic acids is 1. The van der Waals surface area contributed by atoms with Gasteiger partial charge in [0.15, 0.2) is 5.96 Å². The van der Waals surface area contributed by atoms with Gasteiger partial charge in [-0.05, 0) is 45.6 Å². The van der Waals surface area contributed by atoms with Gasteiger partial charge in [-0.25, -0.2) is 0 Å². The van der Waals surface area contributed by atoms with Crippen LogP contribution < -0.4 is 16.0 Å². The van der Waals surface area contributed by atoms with Crippen molar-refractivity contribution in [2.24, 2.45) is 4.99 Å². The van der Waals surface area contributed by atoms with Crippen molar-refractivity contribution in [2.75, 3.05) is 20.1 Å². The minimum atomic E-state index is 0.159. The second kappa shape index (κ2) is 9.30. The normalized spacial score (nSPS) is 14.5. The lowest BCUT2D eigenvalue weighted by Crippen LogP contribution is -2.38. The standard InChI is InChI=1S/C17H30N6O/c1-13-12-14(2)23(22-13)11-5-10-20-17(18-3)19-9-4-6-16(24)21-15-7-8-15/h12,15H,4-11H2,1-3H3,(H,21,24)(H2,18,19,20). The highest BCUT2D eigenvalue weighted by Gasteiger charge is 2.22. The average Bonchev–Trinajstić information content (AvgIpc) is 3.29. The summed E-state index contributed by atoms with van der Waals surface area (Å²) >= 11 is 0. The Balaban J connectivity index is 1.53. The van der Waals surface area contributed by atoms with Gasteiger partial charge < -0.3 is 16.0 Å². The zero-order valence-electron chi connectivity index (χ0n) is 15.1. The van der Waals surface area contributed by atoms with Crippen molar-refractivity contribution in [2.45, 2.75) is 58.5 Å². The average molecular weight is 334 g/mol. The van der Waals surface area contributed by atoms with Gasteiger partial charge in [0.05, 0.1) is 5.69 Å².